The molecule has 7 heteroatoms. The van der Waals surface area contributed by atoms with Gasteiger partial charge in [0, 0.05) is 24.8 Å². The second kappa shape index (κ2) is 6.13. The monoisotopic (exact) mass is 346 g/mol. The van der Waals surface area contributed by atoms with Crippen molar-refractivity contribution in [3.8, 4) is 11.3 Å². The van der Waals surface area contributed by atoms with E-state index < -0.39 is 11.7 Å². The number of hydrogen-bond acceptors (Lipinski definition) is 4. The number of fused-ring (bicyclic) bond motifs is 1. The van der Waals surface area contributed by atoms with Gasteiger partial charge in [-0.3, -0.25) is 5.32 Å². The van der Waals surface area contributed by atoms with Crippen molar-refractivity contribution < 1.29 is 11.0 Å². The van der Waals surface area contributed by atoms with Gasteiger partial charge in [0.1, 0.15) is 17.1 Å². The van der Waals surface area contributed by atoms with Crippen LogP contribution in [-0.4, -0.2) is 26.6 Å². The molecule has 0 saturated carbocycles. The number of nitrogens with zero attached hydrogens (tertiary/aromatic N) is 2. The summed E-state index contributed by atoms with van der Waals surface area (Å²) in [7, 11) is 0. The standard InChI is InChI=1S/C17H17ClN4O2.H2/c1-17(2,3)24-16(23)22-14-6-4-5-13(21-14)12-9-20-15-11(12)7-10(18)8-19-15;/h4-9H,1-3H3,(H,19,20)(H,21,22,23);1H. The molecule has 0 atom stereocenters. The Balaban J connectivity index is 0.00000225. The number of H-pyrrole nitrogens is 1. The molecule has 0 radical (unpaired) electrons. The van der Waals surface area contributed by atoms with Crippen LogP contribution in [0.3, 0.4) is 0 Å². The van der Waals surface area contributed by atoms with Crippen LogP contribution < -0.4 is 5.32 Å². The van der Waals surface area contributed by atoms with E-state index in [-0.39, 0.29) is 1.43 Å². The first kappa shape index (κ1) is 16.3. The Bertz CT molecular complexity index is 905. The van der Waals surface area contributed by atoms with Crippen LogP contribution in [0, 0.1) is 0 Å². The van der Waals surface area contributed by atoms with Gasteiger partial charge in [-0.15, -0.1) is 0 Å². The molecule has 0 fully saturated rings. The van der Waals surface area contributed by atoms with Gasteiger partial charge in [0.25, 0.3) is 0 Å². The van der Waals surface area contributed by atoms with Crippen LogP contribution in [0.1, 0.15) is 22.2 Å². The maximum atomic E-state index is 11.9. The van der Waals surface area contributed by atoms with Crippen LogP contribution in [0.4, 0.5) is 10.6 Å². The van der Waals surface area contributed by atoms with Crippen molar-refractivity contribution in [2.24, 2.45) is 0 Å². The zero-order valence-electron chi connectivity index (χ0n) is 13.6. The lowest BCUT2D eigenvalue weighted by Crippen LogP contribution is -2.27. The van der Waals surface area contributed by atoms with E-state index in [1.807, 2.05) is 24.4 Å². The van der Waals surface area contributed by atoms with Gasteiger partial charge in [0.15, 0.2) is 0 Å². The van der Waals surface area contributed by atoms with Gasteiger partial charge in [0.2, 0.25) is 0 Å². The summed E-state index contributed by atoms with van der Waals surface area (Å²) in [6.45, 7) is 5.41. The fraction of sp³-hybridized carbons (Fsp3) is 0.235. The summed E-state index contributed by atoms with van der Waals surface area (Å²) in [6, 6.07) is 7.19. The van der Waals surface area contributed by atoms with Gasteiger partial charge in [0.05, 0.1) is 10.7 Å². The second-order valence-corrected chi connectivity index (χ2v) is 6.72. The predicted molar refractivity (Wildman–Crippen MR) is 96.3 cm³/mol. The van der Waals surface area contributed by atoms with E-state index in [1.54, 1.807) is 33.0 Å². The Labute approximate surface area is 145 Å². The number of pyridine rings is 2. The molecule has 0 aliphatic carbocycles. The van der Waals surface area contributed by atoms with Gasteiger partial charge in [-0.1, -0.05) is 17.7 Å². The van der Waals surface area contributed by atoms with E-state index in [2.05, 4.69) is 20.3 Å². The van der Waals surface area contributed by atoms with Crippen molar-refractivity contribution in [3.05, 3.63) is 41.7 Å². The molecular weight excluding hydrogens is 328 g/mol. The summed E-state index contributed by atoms with van der Waals surface area (Å²) < 4.78 is 5.23. The van der Waals surface area contributed by atoms with Gasteiger partial charge < -0.3 is 9.72 Å². The third-order valence-corrected chi connectivity index (χ3v) is 3.36. The number of anilines is 1. The van der Waals surface area contributed by atoms with Crippen LogP contribution in [0.25, 0.3) is 22.3 Å². The Morgan fingerprint density at radius 3 is 2.92 bits per heavy atom. The van der Waals surface area contributed by atoms with Crippen molar-refractivity contribution in [1.29, 1.82) is 0 Å². The summed E-state index contributed by atoms with van der Waals surface area (Å²) >= 11 is 6.03. The molecule has 3 rings (SSSR count). The maximum absolute atomic E-state index is 11.9. The van der Waals surface area contributed by atoms with Crippen LogP contribution in [0.2, 0.25) is 5.02 Å². The number of nitrogens with one attached hydrogen (secondary N) is 2. The zero-order valence-corrected chi connectivity index (χ0v) is 14.3. The largest absolute Gasteiger partial charge is 0.444 e. The highest BCUT2D eigenvalue weighted by atomic mass is 35.5. The van der Waals surface area contributed by atoms with Crippen molar-refractivity contribution in [2.75, 3.05) is 5.32 Å². The smallest absolute Gasteiger partial charge is 0.413 e. The minimum atomic E-state index is -0.568. The number of rotatable bonds is 2. The summed E-state index contributed by atoms with van der Waals surface area (Å²) in [5, 5.41) is 4.05. The second-order valence-electron chi connectivity index (χ2n) is 6.29. The molecule has 0 aromatic carbocycles. The first-order valence-corrected chi connectivity index (χ1v) is 7.80. The van der Waals surface area contributed by atoms with Crippen molar-refractivity contribution in [3.63, 3.8) is 0 Å². The van der Waals surface area contributed by atoms with E-state index in [4.69, 9.17) is 16.3 Å². The Hall–Kier alpha value is -2.60. The molecule has 3 heterocycles. The Kier molecular flexibility index (Phi) is 4.15. The molecule has 3 aromatic rings. The third kappa shape index (κ3) is 3.65. The van der Waals surface area contributed by atoms with E-state index in [9.17, 15) is 4.79 Å². The fourth-order valence-corrected chi connectivity index (χ4v) is 2.41. The van der Waals surface area contributed by atoms with Gasteiger partial charge >= 0.3 is 6.09 Å². The Morgan fingerprint density at radius 2 is 2.17 bits per heavy atom. The molecule has 0 aliphatic heterocycles. The summed E-state index contributed by atoms with van der Waals surface area (Å²) in [4.78, 5) is 23.7. The summed E-state index contributed by atoms with van der Waals surface area (Å²) in [5.41, 5.74) is 1.70. The number of amides is 1. The van der Waals surface area contributed by atoms with Crippen molar-refractivity contribution in [1.82, 2.24) is 15.0 Å². The average Bonchev–Trinajstić information content (AvgIpc) is 2.88. The third-order valence-electron chi connectivity index (χ3n) is 3.15. The molecule has 24 heavy (non-hydrogen) atoms. The zero-order chi connectivity index (χ0) is 17.3. The SMILES string of the molecule is CC(C)(C)OC(=O)Nc1cccc(-c2c[nH]c3ncc(Cl)cc23)n1.[HH]. The first-order valence-electron chi connectivity index (χ1n) is 7.42. The molecule has 0 aliphatic rings. The minimum Gasteiger partial charge on any atom is -0.444 e. The van der Waals surface area contributed by atoms with Gasteiger partial charge in [-0.2, -0.15) is 0 Å². The molecule has 0 saturated heterocycles. The highest BCUT2D eigenvalue weighted by Gasteiger charge is 2.17. The minimum absolute atomic E-state index is 0. The van der Waals surface area contributed by atoms with Crippen molar-refractivity contribution in [2.45, 2.75) is 26.4 Å². The van der Waals surface area contributed by atoms with Gasteiger partial charge in [-0.05, 0) is 39.0 Å². The molecule has 3 aromatic heterocycles. The predicted octanol–water partition coefficient (Wildman–Crippen LogP) is 4.87. The normalized spacial score (nSPS) is 11.5. The van der Waals surface area contributed by atoms with E-state index >= 15 is 0 Å². The number of carbonyl (C=O) groups excluding carboxylic acids is 1. The number of aromatic nitrogens is 3. The van der Waals surface area contributed by atoms with Gasteiger partial charge in [-0.25, -0.2) is 14.8 Å². The van der Waals surface area contributed by atoms with Crippen LogP contribution in [0.15, 0.2) is 36.7 Å². The van der Waals surface area contributed by atoms with Crippen LogP contribution in [-0.2, 0) is 4.74 Å². The van der Waals surface area contributed by atoms with Crippen LogP contribution in [0.5, 0.6) is 0 Å². The molecule has 1 amide bonds. The number of halogens is 1. The lowest BCUT2D eigenvalue weighted by atomic mass is 10.1. The number of hydrogen-bond donors (Lipinski definition) is 2. The summed E-state index contributed by atoms with van der Waals surface area (Å²) in [6.07, 6.45) is 2.85. The lowest BCUT2D eigenvalue weighted by Gasteiger charge is -2.19. The molecule has 2 N–H and O–H groups in total. The lowest BCUT2D eigenvalue weighted by molar-refractivity contribution is 0.0635. The fourth-order valence-electron chi connectivity index (χ4n) is 2.25. The number of carbonyl (C=O) groups is 1. The van der Waals surface area contributed by atoms with E-state index in [0.29, 0.717) is 16.5 Å². The van der Waals surface area contributed by atoms with Crippen molar-refractivity contribution >= 4 is 34.5 Å². The molecule has 0 bridgehead atoms. The molecule has 0 unspecified atom stereocenters. The number of aromatic amines is 1. The quantitative estimate of drug-likeness (QED) is 0.693. The molecule has 0 spiro atoms. The topological polar surface area (TPSA) is 79.9 Å². The van der Waals surface area contributed by atoms with E-state index in [0.717, 1.165) is 16.6 Å². The average molecular weight is 347 g/mol. The highest BCUT2D eigenvalue weighted by molar-refractivity contribution is 6.31. The first-order chi connectivity index (χ1) is 11.3. The summed E-state index contributed by atoms with van der Waals surface area (Å²) in [5.74, 6) is 0.408. The maximum Gasteiger partial charge on any atom is 0.413 e. The Morgan fingerprint density at radius 1 is 1.38 bits per heavy atom. The molecule has 6 nitrogen and oxygen atoms in total. The van der Waals surface area contributed by atoms with E-state index in [1.165, 1.54) is 0 Å². The highest BCUT2D eigenvalue weighted by Crippen LogP contribution is 2.28. The number of ether oxygens (including phenoxy) is 1. The van der Waals surface area contributed by atoms with Crippen LogP contribution >= 0.6 is 11.6 Å². The molecule has 126 valence electrons. The molecular formula is C17H19ClN4O2.